The molecule has 1 aliphatic rings. The molecule has 24 heavy (non-hydrogen) atoms. The monoisotopic (exact) mass is 340 g/mol. The van der Waals surface area contributed by atoms with Crippen molar-refractivity contribution in [3.63, 3.8) is 0 Å². The first-order valence-electron chi connectivity index (χ1n) is 8.29. The quantitative estimate of drug-likeness (QED) is 0.736. The molecule has 0 saturated carbocycles. The topological polar surface area (TPSA) is 51.0 Å². The van der Waals surface area contributed by atoms with Crippen LogP contribution in [0.15, 0.2) is 35.3 Å². The van der Waals surface area contributed by atoms with Crippen molar-refractivity contribution in [1.82, 2.24) is 19.7 Å². The number of hydrogen-bond acceptors (Lipinski definition) is 4. The SMILES string of the molecule is Cc1cnc2c(cnn2CC(=O)N2CCC(c3ccsc3)CC2)c1. The van der Waals surface area contributed by atoms with Crippen LogP contribution in [-0.2, 0) is 11.3 Å². The maximum absolute atomic E-state index is 12.6. The second-order valence-electron chi connectivity index (χ2n) is 6.44. The van der Waals surface area contributed by atoms with Gasteiger partial charge < -0.3 is 4.90 Å². The van der Waals surface area contributed by atoms with Crippen molar-refractivity contribution < 1.29 is 4.79 Å². The van der Waals surface area contributed by atoms with Crippen LogP contribution in [0.5, 0.6) is 0 Å². The first-order valence-corrected chi connectivity index (χ1v) is 9.23. The van der Waals surface area contributed by atoms with Crippen molar-refractivity contribution >= 4 is 28.3 Å². The number of piperidine rings is 1. The summed E-state index contributed by atoms with van der Waals surface area (Å²) in [6.07, 6.45) is 5.68. The van der Waals surface area contributed by atoms with Crippen LogP contribution >= 0.6 is 11.3 Å². The zero-order valence-electron chi connectivity index (χ0n) is 13.7. The summed E-state index contributed by atoms with van der Waals surface area (Å²) in [5, 5.41) is 9.68. The van der Waals surface area contributed by atoms with Crippen LogP contribution in [0.2, 0.25) is 0 Å². The largest absolute Gasteiger partial charge is 0.341 e. The summed E-state index contributed by atoms with van der Waals surface area (Å²) in [5.74, 6) is 0.724. The van der Waals surface area contributed by atoms with Crippen molar-refractivity contribution in [3.05, 3.63) is 46.4 Å². The van der Waals surface area contributed by atoms with Crippen molar-refractivity contribution in [1.29, 1.82) is 0 Å². The van der Waals surface area contributed by atoms with E-state index in [1.807, 2.05) is 24.1 Å². The Bertz CT molecular complexity index is 847. The Balaban J connectivity index is 1.41. The van der Waals surface area contributed by atoms with Gasteiger partial charge in [0.25, 0.3) is 0 Å². The molecule has 0 atom stereocenters. The highest BCUT2D eigenvalue weighted by Crippen LogP contribution is 2.29. The lowest BCUT2D eigenvalue weighted by atomic mass is 9.91. The lowest BCUT2D eigenvalue weighted by Gasteiger charge is -2.31. The van der Waals surface area contributed by atoms with E-state index in [1.165, 1.54) is 5.56 Å². The Labute approximate surface area is 144 Å². The summed E-state index contributed by atoms with van der Waals surface area (Å²) in [6, 6.07) is 4.25. The van der Waals surface area contributed by atoms with Crippen LogP contribution in [0.3, 0.4) is 0 Å². The van der Waals surface area contributed by atoms with E-state index in [9.17, 15) is 4.79 Å². The molecule has 1 saturated heterocycles. The van der Waals surface area contributed by atoms with Crippen LogP contribution in [0.4, 0.5) is 0 Å². The van der Waals surface area contributed by atoms with Gasteiger partial charge in [-0.25, -0.2) is 9.67 Å². The van der Waals surface area contributed by atoms with Gasteiger partial charge in [0.2, 0.25) is 5.91 Å². The summed E-state index contributed by atoms with van der Waals surface area (Å²) in [6.45, 7) is 3.92. The number of likely N-dealkylation sites (tertiary alicyclic amines) is 1. The smallest absolute Gasteiger partial charge is 0.244 e. The summed E-state index contributed by atoms with van der Waals surface area (Å²) in [4.78, 5) is 19.0. The number of fused-ring (bicyclic) bond motifs is 1. The predicted molar refractivity (Wildman–Crippen MR) is 95.1 cm³/mol. The van der Waals surface area contributed by atoms with E-state index in [2.05, 4.69) is 26.9 Å². The van der Waals surface area contributed by atoms with Gasteiger partial charge in [-0.1, -0.05) is 0 Å². The molecule has 1 fully saturated rings. The number of amides is 1. The minimum absolute atomic E-state index is 0.131. The van der Waals surface area contributed by atoms with Crippen LogP contribution in [0.1, 0.15) is 29.9 Å². The van der Waals surface area contributed by atoms with Gasteiger partial charge in [0.1, 0.15) is 6.54 Å². The molecule has 5 nitrogen and oxygen atoms in total. The Hall–Kier alpha value is -2.21. The molecule has 1 amide bonds. The third-order valence-electron chi connectivity index (χ3n) is 4.76. The Morgan fingerprint density at radius 1 is 1.33 bits per heavy atom. The number of carbonyl (C=O) groups excluding carboxylic acids is 1. The van der Waals surface area contributed by atoms with Crippen molar-refractivity contribution in [2.45, 2.75) is 32.2 Å². The van der Waals surface area contributed by atoms with Gasteiger partial charge in [-0.3, -0.25) is 4.79 Å². The number of aromatic nitrogens is 3. The molecule has 6 heteroatoms. The molecule has 4 heterocycles. The first-order chi connectivity index (χ1) is 11.7. The molecule has 3 aromatic rings. The van der Waals surface area contributed by atoms with E-state index in [1.54, 1.807) is 22.2 Å². The second-order valence-corrected chi connectivity index (χ2v) is 7.22. The number of thiophene rings is 1. The molecule has 0 N–H and O–H groups in total. The van der Waals surface area contributed by atoms with E-state index in [-0.39, 0.29) is 12.5 Å². The van der Waals surface area contributed by atoms with Crippen molar-refractivity contribution in [3.8, 4) is 0 Å². The molecule has 0 radical (unpaired) electrons. The maximum atomic E-state index is 12.6. The van der Waals surface area contributed by atoms with E-state index >= 15 is 0 Å². The number of carbonyl (C=O) groups is 1. The highest BCUT2D eigenvalue weighted by Gasteiger charge is 2.24. The molecule has 0 aromatic carbocycles. The van der Waals surface area contributed by atoms with Crippen LogP contribution in [0, 0.1) is 6.92 Å². The molecule has 1 aliphatic heterocycles. The van der Waals surface area contributed by atoms with Crippen molar-refractivity contribution in [2.75, 3.05) is 13.1 Å². The number of pyridine rings is 1. The average Bonchev–Trinajstić information content (AvgIpc) is 3.25. The lowest BCUT2D eigenvalue weighted by molar-refractivity contribution is -0.133. The van der Waals surface area contributed by atoms with E-state index in [0.29, 0.717) is 5.92 Å². The first kappa shape index (κ1) is 15.3. The molecular formula is C18H20N4OS. The number of rotatable bonds is 3. The highest BCUT2D eigenvalue weighted by atomic mass is 32.1. The molecule has 0 aliphatic carbocycles. The minimum atomic E-state index is 0.131. The molecule has 0 unspecified atom stereocenters. The predicted octanol–water partition coefficient (Wildman–Crippen LogP) is 3.21. The molecule has 4 rings (SSSR count). The van der Waals surface area contributed by atoms with Gasteiger partial charge in [-0.05, 0) is 59.7 Å². The van der Waals surface area contributed by atoms with Gasteiger partial charge in [-0.15, -0.1) is 0 Å². The minimum Gasteiger partial charge on any atom is -0.341 e. The summed E-state index contributed by atoms with van der Waals surface area (Å²) in [7, 11) is 0. The van der Waals surface area contributed by atoms with Gasteiger partial charge in [0.05, 0.1) is 6.20 Å². The summed E-state index contributed by atoms with van der Waals surface area (Å²) < 4.78 is 1.71. The maximum Gasteiger partial charge on any atom is 0.244 e. The van der Waals surface area contributed by atoms with E-state index in [0.717, 1.165) is 42.5 Å². The molecular weight excluding hydrogens is 320 g/mol. The zero-order valence-corrected chi connectivity index (χ0v) is 14.5. The molecule has 3 aromatic heterocycles. The molecule has 0 bridgehead atoms. The Morgan fingerprint density at radius 3 is 2.92 bits per heavy atom. The standard InChI is InChI=1S/C18H20N4OS/c1-13-8-16-10-20-22(18(16)19-9-13)11-17(23)21-5-2-14(3-6-21)15-4-7-24-12-15/h4,7-10,12,14H,2-3,5-6,11H2,1H3. The van der Waals surface area contributed by atoms with Crippen LogP contribution < -0.4 is 0 Å². The number of aryl methyl sites for hydroxylation is 1. The normalized spacial score (nSPS) is 16.0. The van der Waals surface area contributed by atoms with Gasteiger partial charge in [0, 0.05) is 24.7 Å². The second kappa shape index (κ2) is 6.36. The average molecular weight is 340 g/mol. The van der Waals surface area contributed by atoms with Gasteiger partial charge in [0.15, 0.2) is 5.65 Å². The summed E-state index contributed by atoms with van der Waals surface area (Å²) >= 11 is 1.75. The molecule has 0 spiro atoms. The Kier molecular flexibility index (Phi) is 4.06. The van der Waals surface area contributed by atoms with Crippen molar-refractivity contribution in [2.24, 2.45) is 0 Å². The van der Waals surface area contributed by atoms with E-state index in [4.69, 9.17) is 0 Å². The van der Waals surface area contributed by atoms with Crippen LogP contribution in [-0.4, -0.2) is 38.7 Å². The van der Waals surface area contributed by atoms with E-state index < -0.39 is 0 Å². The number of hydrogen-bond donors (Lipinski definition) is 0. The lowest BCUT2D eigenvalue weighted by Crippen LogP contribution is -2.39. The molecule has 124 valence electrons. The third kappa shape index (κ3) is 2.94. The van der Waals surface area contributed by atoms with Gasteiger partial charge >= 0.3 is 0 Å². The highest BCUT2D eigenvalue weighted by molar-refractivity contribution is 7.07. The fraction of sp³-hybridized carbons (Fsp3) is 0.389. The Morgan fingerprint density at radius 2 is 2.17 bits per heavy atom. The van der Waals surface area contributed by atoms with Crippen LogP contribution in [0.25, 0.3) is 11.0 Å². The fourth-order valence-corrected chi connectivity index (χ4v) is 4.14. The third-order valence-corrected chi connectivity index (χ3v) is 5.46. The van der Waals surface area contributed by atoms with Gasteiger partial charge in [-0.2, -0.15) is 16.4 Å². The summed E-state index contributed by atoms with van der Waals surface area (Å²) in [5.41, 5.74) is 3.30. The zero-order chi connectivity index (χ0) is 16.5. The number of nitrogens with zero attached hydrogens (tertiary/aromatic N) is 4. The fourth-order valence-electron chi connectivity index (χ4n) is 3.40.